The Morgan fingerprint density at radius 1 is 1.14 bits per heavy atom. The summed E-state index contributed by atoms with van der Waals surface area (Å²) >= 11 is 1.31. The number of nitrogens with two attached hydrogens (primary N) is 1. The van der Waals surface area contributed by atoms with Crippen molar-refractivity contribution < 1.29 is 8.42 Å². The van der Waals surface area contributed by atoms with Gasteiger partial charge in [-0.2, -0.15) is 0 Å². The second kappa shape index (κ2) is 5.01. The lowest BCUT2D eigenvalue weighted by Gasteiger charge is -2.04. The highest BCUT2D eigenvalue weighted by atomic mass is 32.2. The number of benzene rings is 2. The average molecular weight is 319 g/mol. The normalized spacial score (nSPS) is 11.7. The van der Waals surface area contributed by atoms with E-state index in [4.69, 9.17) is 5.73 Å². The van der Waals surface area contributed by atoms with Crippen LogP contribution in [0.25, 0.3) is 10.2 Å². The van der Waals surface area contributed by atoms with Crippen LogP contribution in [0.1, 0.15) is 5.56 Å². The Morgan fingerprint density at radius 3 is 2.57 bits per heavy atom. The Kier molecular flexibility index (Phi) is 3.30. The summed E-state index contributed by atoms with van der Waals surface area (Å²) in [5.74, 6) is 0. The molecule has 0 spiro atoms. The fraction of sp³-hybridized carbons (Fsp3) is 0.0714. The quantitative estimate of drug-likeness (QED) is 0.727. The smallest absolute Gasteiger partial charge is 0.263 e. The third-order valence-corrected chi connectivity index (χ3v) is 5.37. The maximum atomic E-state index is 12.3. The molecule has 3 aromatic rings. The number of nitrogens with zero attached hydrogens (tertiary/aromatic N) is 1. The number of nitrogens with one attached hydrogen (secondary N) is 1. The first-order chi connectivity index (χ1) is 9.94. The van der Waals surface area contributed by atoms with Crippen molar-refractivity contribution in [1.82, 2.24) is 4.98 Å². The second-order valence-corrected chi connectivity index (χ2v) is 7.38. The minimum atomic E-state index is -3.65. The summed E-state index contributed by atoms with van der Waals surface area (Å²) in [6.07, 6.45) is 0. The number of fused-ring (bicyclic) bond motifs is 1. The molecular weight excluding hydrogens is 306 g/mol. The zero-order valence-electron chi connectivity index (χ0n) is 11.2. The Hall–Kier alpha value is -2.12. The van der Waals surface area contributed by atoms with Crippen molar-refractivity contribution in [3.05, 3.63) is 48.0 Å². The topological polar surface area (TPSA) is 85.1 Å². The predicted octanol–water partition coefficient (Wildman–Crippen LogP) is 2.99. The van der Waals surface area contributed by atoms with Crippen molar-refractivity contribution in [3.63, 3.8) is 0 Å². The van der Waals surface area contributed by atoms with Crippen molar-refractivity contribution in [2.45, 2.75) is 11.8 Å². The first kappa shape index (κ1) is 13.8. The molecule has 2 aromatic carbocycles. The molecule has 0 aliphatic carbocycles. The molecule has 0 bridgehead atoms. The van der Waals surface area contributed by atoms with Crippen LogP contribution < -0.4 is 10.5 Å². The molecule has 0 aliphatic rings. The largest absolute Gasteiger partial charge is 0.399 e. The molecule has 3 N–H and O–H groups in total. The van der Waals surface area contributed by atoms with Gasteiger partial charge >= 0.3 is 0 Å². The number of nitrogen functional groups attached to an aromatic ring is 1. The monoisotopic (exact) mass is 319 g/mol. The number of anilines is 2. The van der Waals surface area contributed by atoms with E-state index in [2.05, 4.69) is 9.71 Å². The van der Waals surface area contributed by atoms with Crippen LogP contribution in [0.3, 0.4) is 0 Å². The van der Waals surface area contributed by atoms with Crippen LogP contribution in [0.2, 0.25) is 0 Å². The minimum Gasteiger partial charge on any atom is -0.399 e. The van der Waals surface area contributed by atoms with E-state index in [9.17, 15) is 8.42 Å². The lowest BCUT2D eigenvalue weighted by molar-refractivity contribution is 0.601. The summed E-state index contributed by atoms with van der Waals surface area (Å²) in [7, 11) is -3.65. The number of thiazole rings is 1. The zero-order valence-corrected chi connectivity index (χ0v) is 12.8. The van der Waals surface area contributed by atoms with Gasteiger partial charge in [0.2, 0.25) is 0 Å². The maximum absolute atomic E-state index is 12.3. The van der Waals surface area contributed by atoms with Crippen LogP contribution in [0, 0.1) is 6.92 Å². The lowest BCUT2D eigenvalue weighted by Crippen LogP contribution is -2.12. The van der Waals surface area contributed by atoms with Gasteiger partial charge in [-0.3, -0.25) is 4.72 Å². The van der Waals surface area contributed by atoms with Gasteiger partial charge in [-0.25, -0.2) is 13.4 Å². The molecule has 0 aliphatic heterocycles. The van der Waals surface area contributed by atoms with E-state index in [0.29, 0.717) is 10.8 Å². The van der Waals surface area contributed by atoms with E-state index in [1.165, 1.54) is 23.5 Å². The Morgan fingerprint density at radius 2 is 1.86 bits per heavy atom. The lowest BCUT2D eigenvalue weighted by atomic mass is 10.2. The molecule has 5 nitrogen and oxygen atoms in total. The number of hydrogen-bond acceptors (Lipinski definition) is 5. The summed E-state index contributed by atoms with van der Waals surface area (Å²) in [4.78, 5) is 4.45. The van der Waals surface area contributed by atoms with Crippen molar-refractivity contribution in [1.29, 1.82) is 0 Å². The zero-order chi connectivity index (χ0) is 15.0. The number of aryl methyl sites for hydroxylation is 1. The first-order valence-corrected chi connectivity index (χ1v) is 8.49. The van der Waals surface area contributed by atoms with Gasteiger partial charge in [0.05, 0.1) is 15.1 Å². The second-order valence-electron chi connectivity index (χ2n) is 4.66. The van der Waals surface area contributed by atoms with Crippen molar-refractivity contribution in [2.75, 3.05) is 10.5 Å². The molecule has 7 heteroatoms. The molecule has 0 saturated carbocycles. The SMILES string of the molecule is Cc1ccc2nc(NS(=O)(=O)c3ccc(N)cc3)sc2c1. The minimum absolute atomic E-state index is 0.159. The highest BCUT2D eigenvalue weighted by Crippen LogP contribution is 2.28. The molecule has 1 aromatic heterocycles. The summed E-state index contributed by atoms with van der Waals surface area (Å²) in [5.41, 5.74) is 7.97. The van der Waals surface area contributed by atoms with Gasteiger partial charge in [0.1, 0.15) is 0 Å². The first-order valence-electron chi connectivity index (χ1n) is 6.20. The van der Waals surface area contributed by atoms with Gasteiger partial charge in [0, 0.05) is 5.69 Å². The third kappa shape index (κ3) is 2.84. The summed E-state index contributed by atoms with van der Waals surface area (Å²) in [5, 5.41) is 0.354. The molecule has 0 atom stereocenters. The Balaban J connectivity index is 1.95. The highest BCUT2D eigenvalue weighted by molar-refractivity contribution is 7.93. The van der Waals surface area contributed by atoms with Crippen molar-refractivity contribution in [2.24, 2.45) is 0 Å². The molecular formula is C14H13N3O2S2. The van der Waals surface area contributed by atoms with Crippen LogP contribution >= 0.6 is 11.3 Å². The average Bonchev–Trinajstić information content (AvgIpc) is 2.79. The number of hydrogen-bond donors (Lipinski definition) is 2. The van der Waals surface area contributed by atoms with Gasteiger partial charge in [-0.1, -0.05) is 17.4 Å². The van der Waals surface area contributed by atoms with Crippen molar-refractivity contribution >= 4 is 42.4 Å². The van der Waals surface area contributed by atoms with E-state index in [1.54, 1.807) is 12.1 Å². The van der Waals surface area contributed by atoms with Crippen LogP contribution in [0.5, 0.6) is 0 Å². The van der Waals surface area contributed by atoms with Gasteiger partial charge in [0.25, 0.3) is 10.0 Å². The van der Waals surface area contributed by atoms with E-state index in [-0.39, 0.29) is 4.90 Å². The van der Waals surface area contributed by atoms with Crippen LogP contribution in [0.15, 0.2) is 47.4 Å². The maximum Gasteiger partial charge on any atom is 0.263 e. The summed E-state index contributed by atoms with van der Waals surface area (Å²) in [6.45, 7) is 1.98. The van der Waals surface area contributed by atoms with E-state index >= 15 is 0 Å². The number of sulfonamides is 1. The Labute approximate surface area is 126 Å². The molecule has 0 unspecified atom stereocenters. The number of rotatable bonds is 3. The van der Waals surface area contributed by atoms with E-state index in [0.717, 1.165) is 15.8 Å². The van der Waals surface area contributed by atoms with Gasteiger partial charge in [-0.15, -0.1) is 0 Å². The van der Waals surface area contributed by atoms with Crippen LogP contribution in [-0.4, -0.2) is 13.4 Å². The molecule has 108 valence electrons. The fourth-order valence-corrected chi connectivity index (χ4v) is 4.10. The predicted molar refractivity (Wildman–Crippen MR) is 86.0 cm³/mol. The third-order valence-electron chi connectivity index (χ3n) is 2.96. The van der Waals surface area contributed by atoms with Gasteiger partial charge in [0.15, 0.2) is 5.13 Å². The molecule has 0 saturated heterocycles. The van der Waals surface area contributed by atoms with Crippen LogP contribution in [-0.2, 0) is 10.0 Å². The number of aromatic nitrogens is 1. The summed E-state index contributed by atoms with van der Waals surface area (Å²) in [6, 6.07) is 11.8. The van der Waals surface area contributed by atoms with Crippen LogP contribution in [0.4, 0.5) is 10.8 Å². The van der Waals surface area contributed by atoms with Crippen molar-refractivity contribution in [3.8, 4) is 0 Å². The van der Waals surface area contributed by atoms with Gasteiger partial charge in [-0.05, 0) is 48.9 Å². The van der Waals surface area contributed by atoms with Gasteiger partial charge < -0.3 is 5.73 Å². The molecule has 0 fully saturated rings. The molecule has 0 amide bonds. The molecule has 3 rings (SSSR count). The molecule has 1 heterocycles. The molecule has 0 radical (unpaired) electrons. The molecule has 21 heavy (non-hydrogen) atoms. The fourth-order valence-electron chi connectivity index (χ4n) is 1.90. The van der Waals surface area contributed by atoms with E-state index < -0.39 is 10.0 Å². The summed E-state index contributed by atoms with van der Waals surface area (Å²) < 4.78 is 28.0. The van der Waals surface area contributed by atoms with E-state index in [1.807, 2.05) is 25.1 Å². The highest BCUT2D eigenvalue weighted by Gasteiger charge is 2.16. The Bertz CT molecular complexity index is 900. The standard InChI is InChI=1S/C14H13N3O2S2/c1-9-2-7-12-13(8-9)20-14(16-12)17-21(18,19)11-5-3-10(15)4-6-11/h2-8H,15H2,1H3,(H,16,17).